The lowest BCUT2D eigenvalue weighted by Crippen LogP contribution is -2.39. The summed E-state index contributed by atoms with van der Waals surface area (Å²) in [5.74, 6) is -0.586. The molecule has 0 saturated carbocycles. The van der Waals surface area contributed by atoms with Gasteiger partial charge in [0.05, 0.1) is 12.2 Å². The molecule has 0 bridgehead atoms. The lowest BCUT2D eigenvalue weighted by atomic mass is 9.97. The molecule has 152 valence electrons. The molecule has 1 aliphatic heterocycles. The summed E-state index contributed by atoms with van der Waals surface area (Å²) in [5, 5.41) is 5.94. The molecule has 1 fully saturated rings. The van der Waals surface area contributed by atoms with Gasteiger partial charge in [0.2, 0.25) is 5.91 Å². The maximum Gasteiger partial charge on any atom is 0.238 e. The van der Waals surface area contributed by atoms with Crippen LogP contribution in [0.1, 0.15) is 18.4 Å². The second-order valence-electron chi connectivity index (χ2n) is 6.98. The molecule has 7 heteroatoms. The lowest BCUT2D eigenvalue weighted by molar-refractivity contribution is -0.117. The van der Waals surface area contributed by atoms with Crippen molar-refractivity contribution < 1.29 is 13.6 Å². The van der Waals surface area contributed by atoms with E-state index < -0.39 is 5.82 Å². The molecular formula is C21H26ClF2N3O. The van der Waals surface area contributed by atoms with E-state index >= 15 is 0 Å². The van der Waals surface area contributed by atoms with Crippen molar-refractivity contribution in [1.29, 1.82) is 0 Å². The first kappa shape index (κ1) is 22.3. The Morgan fingerprint density at radius 1 is 1.04 bits per heavy atom. The molecule has 1 aliphatic rings. The Hall–Kier alpha value is -2.02. The fourth-order valence-electron chi connectivity index (χ4n) is 3.44. The quantitative estimate of drug-likeness (QED) is 0.730. The molecule has 0 radical (unpaired) electrons. The summed E-state index contributed by atoms with van der Waals surface area (Å²) in [4.78, 5) is 14.4. The molecule has 0 aromatic heterocycles. The van der Waals surface area contributed by atoms with E-state index in [1.54, 1.807) is 30.3 Å². The van der Waals surface area contributed by atoms with Crippen LogP contribution in [0.25, 0.3) is 0 Å². The number of para-hydroxylation sites is 1. The van der Waals surface area contributed by atoms with Crippen LogP contribution in [-0.4, -0.2) is 37.0 Å². The van der Waals surface area contributed by atoms with E-state index in [4.69, 9.17) is 0 Å². The first-order valence-electron chi connectivity index (χ1n) is 9.32. The number of benzene rings is 2. The third kappa shape index (κ3) is 6.55. The minimum Gasteiger partial charge on any atom is -0.322 e. The zero-order valence-corrected chi connectivity index (χ0v) is 16.5. The first-order chi connectivity index (χ1) is 13.1. The first-order valence-corrected chi connectivity index (χ1v) is 9.32. The molecule has 1 saturated heterocycles. The van der Waals surface area contributed by atoms with Crippen LogP contribution < -0.4 is 10.6 Å². The third-order valence-corrected chi connectivity index (χ3v) is 4.84. The number of anilines is 1. The highest BCUT2D eigenvalue weighted by Gasteiger charge is 2.20. The summed E-state index contributed by atoms with van der Waals surface area (Å²) in [6.45, 7) is 3.06. The van der Waals surface area contributed by atoms with Crippen LogP contribution in [-0.2, 0) is 11.3 Å². The molecule has 0 atom stereocenters. The van der Waals surface area contributed by atoms with Crippen molar-refractivity contribution >= 4 is 24.0 Å². The zero-order valence-electron chi connectivity index (χ0n) is 15.7. The number of nitrogens with zero attached hydrogens (tertiary/aromatic N) is 1. The second kappa shape index (κ2) is 11.1. The van der Waals surface area contributed by atoms with Crippen molar-refractivity contribution in [1.82, 2.24) is 10.2 Å². The van der Waals surface area contributed by atoms with E-state index in [0.29, 0.717) is 24.6 Å². The van der Waals surface area contributed by atoms with Crippen molar-refractivity contribution in [3.05, 3.63) is 65.7 Å². The smallest absolute Gasteiger partial charge is 0.238 e. The van der Waals surface area contributed by atoms with Gasteiger partial charge in [0.1, 0.15) is 11.6 Å². The molecule has 0 unspecified atom stereocenters. The monoisotopic (exact) mass is 409 g/mol. The number of piperidine rings is 1. The Morgan fingerprint density at radius 2 is 1.68 bits per heavy atom. The minimum absolute atomic E-state index is 0. The molecule has 28 heavy (non-hydrogen) atoms. The zero-order chi connectivity index (χ0) is 19.1. The maximum absolute atomic E-state index is 14.1. The number of hydrogen-bond donors (Lipinski definition) is 2. The van der Waals surface area contributed by atoms with Crippen molar-refractivity contribution in [2.75, 3.05) is 31.5 Å². The fourth-order valence-corrected chi connectivity index (χ4v) is 3.44. The van der Waals surface area contributed by atoms with Crippen LogP contribution in [0.2, 0.25) is 0 Å². The number of halogens is 3. The highest BCUT2D eigenvalue weighted by Crippen LogP contribution is 2.18. The normalized spacial score (nSPS) is 14.5. The summed E-state index contributed by atoms with van der Waals surface area (Å²) in [6, 6.07) is 12.7. The summed E-state index contributed by atoms with van der Waals surface area (Å²) in [7, 11) is 0. The van der Waals surface area contributed by atoms with E-state index in [1.165, 1.54) is 18.2 Å². The Bertz CT molecular complexity index is 769. The number of rotatable bonds is 7. The molecular weight excluding hydrogens is 384 g/mol. The van der Waals surface area contributed by atoms with E-state index in [1.807, 2.05) is 4.90 Å². The number of carbonyl (C=O) groups is 1. The van der Waals surface area contributed by atoms with Crippen LogP contribution >= 0.6 is 12.4 Å². The molecule has 1 amide bonds. The fraction of sp³-hybridized carbons (Fsp3) is 0.381. The van der Waals surface area contributed by atoms with Crippen molar-refractivity contribution in [3.8, 4) is 0 Å². The van der Waals surface area contributed by atoms with Crippen molar-refractivity contribution in [2.45, 2.75) is 19.4 Å². The predicted octanol–water partition coefficient (Wildman–Crippen LogP) is 3.83. The molecule has 0 spiro atoms. The van der Waals surface area contributed by atoms with Gasteiger partial charge < -0.3 is 10.6 Å². The third-order valence-electron chi connectivity index (χ3n) is 4.84. The molecule has 0 aliphatic carbocycles. The lowest BCUT2D eigenvalue weighted by Gasteiger charge is -2.30. The molecule has 2 N–H and O–H groups in total. The van der Waals surface area contributed by atoms with Crippen LogP contribution in [0.3, 0.4) is 0 Å². The number of carbonyl (C=O) groups excluding carboxylic acids is 1. The van der Waals surface area contributed by atoms with Crippen molar-refractivity contribution in [3.63, 3.8) is 0 Å². The Morgan fingerprint density at radius 3 is 2.36 bits per heavy atom. The van der Waals surface area contributed by atoms with Gasteiger partial charge in [0.15, 0.2) is 0 Å². The maximum atomic E-state index is 14.1. The van der Waals surface area contributed by atoms with Gasteiger partial charge in [-0.15, -0.1) is 12.4 Å². The highest BCUT2D eigenvalue weighted by molar-refractivity contribution is 5.92. The van der Waals surface area contributed by atoms with Crippen LogP contribution in [0.15, 0.2) is 48.5 Å². The minimum atomic E-state index is -0.468. The van der Waals surface area contributed by atoms with Crippen LogP contribution in [0.5, 0.6) is 0 Å². The van der Waals surface area contributed by atoms with Gasteiger partial charge in [0.25, 0.3) is 0 Å². The number of amides is 1. The topological polar surface area (TPSA) is 44.4 Å². The van der Waals surface area contributed by atoms with E-state index in [-0.39, 0.29) is 36.4 Å². The highest BCUT2D eigenvalue weighted by atomic mass is 35.5. The van der Waals surface area contributed by atoms with Gasteiger partial charge >= 0.3 is 0 Å². The van der Waals surface area contributed by atoms with Gasteiger partial charge in [-0.05, 0) is 50.0 Å². The van der Waals surface area contributed by atoms with E-state index in [9.17, 15) is 13.6 Å². The van der Waals surface area contributed by atoms with Gasteiger partial charge in [0, 0.05) is 18.7 Å². The largest absolute Gasteiger partial charge is 0.322 e. The van der Waals surface area contributed by atoms with E-state index in [0.717, 1.165) is 25.9 Å². The number of hydrogen-bond acceptors (Lipinski definition) is 3. The van der Waals surface area contributed by atoms with Gasteiger partial charge in [-0.25, -0.2) is 8.78 Å². The molecule has 2 aromatic rings. The Kier molecular flexibility index (Phi) is 8.83. The standard InChI is InChI=1S/C21H25F2N3O.ClH/c22-18-6-2-1-5-17(18)14-26(13-16-9-11-24-12-10-16)15-21(27)25-20-8-4-3-7-19(20)23;/h1-8,16,24H,9-15H2,(H,25,27);1H. The molecule has 2 aromatic carbocycles. The van der Waals surface area contributed by atoms with Crippen molar-refractivity contribution in [2.24, 2.45) is 5.92 Å². The van der Waals surface area contributed by atoms with E-state index in [2.05, 4.69) is 10.6 Å². The second-order valence-corrected chi connectivity index (χ2v) is 6.98. The molecule has 1 heterocycles. The Balaban J connectivity index is 0.00000280. The van der Waals surface area contributed by atoms with Gasteiger partial charge in [-0.1, -0.05) is 30.3 Å². The summed E-state index contributed by atoms with van der Waals surface area (Å²) >= 11 is 0. The Labute approximate surface area is 170 Å². The SMILES string of the molecule is Cl.O=C(CN(Cc1ccccc1F)CC1CCNCC1)Nc1ccccc1F. The van der Waals surface area contributed by atoms with Gasteiger partial charge in [-0.2, -0.15) is 0 Å². The van der Waals surface area contributed by atoms with Crippen LogP contribution in [0.4, 0.5) is 14.5 Å². The average Bonchev–Trinajstić information content (AvgIpc) is 2.66. The molecule has 4 nitrogen and oxygen atoms in total. The molecule has 3 rings (SSSR count). The van der Waals surface area contributed by atoms with Crippen LogP contribution in [0, 0.1) is 17.6 Å². The summed E-state index contributed by atoms with van der Waals surface area (Å²) in [6.07, 6.45) is 2.06. The average molecular weight is 410 g/mol. The summed E-state index contributed by atoms with van der Waals surface area (Å²) < 4.78 is 27.9. The predicted molar refractivity (Wildman–Crippen MR) is 110 cm³/mol. The van der Waals surface area contributed by atoms with Gasteiger partial charge in [-0.3, -0.25) is 9.69 Å². The number of nitrogens with one attached hydrogen (secondary N) is 2. The summed E-state index contributed by atoms with van der Waals surface area (Å²) in [5.41, 5.74) is 0.723.